The molecule has 7 nitrogen and oxygen atoms in total. The Kier molecular flexibility index (Phi) is 3.20. The van der Waals surface area contributed by atoms with Gasteiger partial charge in [-0.15, -0.1) is 0 Å². The molecule has 0 saturated carbocycles. The first-order valence-electron chi connectivity index (χ1n) is 18.6. The number of benzene rings is 1. The molecule has 0 radical (unpaired) electrons. The number of piperazine rings is 1. The first-order chi connectivity index (χ1) is 22.0. The second-order valence-corrected chi connectivity index (χ2v) is 7.70. The quantitative estimate of drug-likeness (QED) is 0.541. The largest absolute Gasteiger partial charge is 0.369 e. The van der Waals surface area contributed by atoms with E-state index in [9.17, 15) is 17.6 Å². The van der Waals surface area contributed by atoms with Gasteiger partial charge in [0, 0.05) is 79.8 Å². The van der Waals surface area contributed by atoms with Crippen molar-refractivity contribution in [2.24, 2.45) is 5.89 Å². The fourth-order valence-corrected chi connectivity index (χ4v) is 3.12. The summed E-state index contributed by atoms with van der Waals surface area (Å²) in [4.78, 5) is 13.2. The lowest BCUT2D eigenvalue weighted by molar-refractivity contribution is -0.114. The summed E-state index contributed by atoms with van der Waals surface area (Å²) in [7, 11) is -6.09. The molecule has 1 N–H and O–H groups in total. The van der Waals surface area contributed by atoms with Gasteiger partial charge in [-0.05, 0) is 43.4 Å². The molecule has 1 fully saturated rings. The first-order valence-corrected chi connectivity index (χ1v) is 10.1. The van der Waals surface area contributed by atoms with Crippen LogP contribution in [0, 0.1) is 11.7 Å². The van der Waals surface area contributed by atoms with Crippen LogP contribution in [0.4, 0.5) is 15.8 Å². The van der Waals surface area contributed by atoms with Gasteiger partial charge in [-0.3, -0.25) is 9.69 Å². The Balaban J connectivity index is 2.41. The van der Waals surface area contributed by atoms with Crippen LogP contribution in [0.25, 0.3) is 0 Å². The topological polar surface area (TPSA) is 73.0 Å². The van der Waals surface area contributed by atoms with Crippen LogP contribution in [0.5, 0.6) is 0 Å². The van der Waals surface area contributed by atoms with E-state index in [2.05, 4.69) is 0 Å². The van der Waals surface area contributed by atoms with Crippen LogP contribution in [0.1, 0.15) is 59.5 Å². The molecular weight excluding hydrogens is 407 g/mol. The molecule has 0 aliphatic carbocycles. The molecule has 1 aromatic rings. The van der Waals surface area contributed by atoms with Crippen LogP contribution in [0.2, 0.25) is 1.41 Å². The lowest BCUT2D eigenvalue weighted by atomic mass is 10.2. The Morgan fingerprint density at radius 1 is 1.43 bits per heavy atom. The Labute approximate surface area is 208 Å². The summed E-state index contributed by atoms with van der Waals surface area (Å²) in [5.74, 6) is -6.94. The molecule has 0 atom stereocenters. The molecule has 1 aliphatic heterocycles. The summed E-state index contributed by atoms with van der Waals surface area (Å²) in [6, 6.07) is -3.13. The van der Waals surface area contributed by atoms with Gasteiger partial charge in [-0.2, -0.15) is 0 Å². The average molecular weight is 463 g/mol. The fourth-order valence-electron chi connectivity index (χ4n) is 2.38. The van der Waals surface area contributed by atoms with Crippen molar-refractivity contribution in [3.63, 3.8) is 0 Å². The van der Waals surface area contributed by atoms with Crippen molar-refractivity contribution in [2.75, 3.05) is 62.1 Å². The standard InChI is InChI=1S/C21H35FN4O3S/c1-17(2)16-30(28,29)24(4)7-5-6-8-25-9-11-26(12-10-25)21-14-19(22)13-20(15-21)23-18(3)27/h13-15,17H,5-12,16H2,1-4H3,(H,23,27)/i1D3,2D3,4D3,9D2,10D2,13D,14D,15D,16D2,17D/hD. The van der Waals surface area contributed by atoms with Gasteiger partial charge in [-0.1, -0.05) is 13.7 Å². The summed E-state index contributed by atoms with van der Waals surface area (Å²) in [6.45, 7) is -19.9. The highest BCUT2D eigenvalue weighted by atomic mass is 32.2. The molecule has 1 aliphatic rings. The van der Waals surface area contributed by atoms with Crippen molar-refractivity contribution in [1.29, 1.82) is 0 Å². The number of carbonyl (C=O) groups excluding carboxylic acids is 1. The maximum Gasteiger partial charge on any atom is 0.221 e. The highest BCUT2D eigenvalue weighted by molar-refractivity contribution is 7.89. The van der Waals surface area contributed by atoms with Crippen molar-refractivity contribution < 1.29 is 45.1 Å². The lowest BCUT2D eigenvalue weighted by Crippen LogP contribution is -2.46. The van der Waals surface area contributed by atoms with Crippen molar-refractivity contribution >= 4 is 27.3 Å². The van der Waals surface area contributed by atoms with Gasteiger partial charge in [0.25, 0.3) is 0 Å². The van der Waals surface area contributed by atoms with E-state index < -0.39 is 140 Å². The van der Waals surface area contributed by atoms with E-state index in [0.717, 1.165) is 11.8 Å². The zero-order valence-electron chi connectivity index (χ0n) is 36.0. The fraction of sp³-hybridized carbons (Fsp3) is 0.667. The SMILES string of the molecule is [2H]c1c(F)c([2H])c(N([2H])C(C)=O)c([2H])c1N1CC([2H])([2H])N(CCCCN(C([2H])([2H])[2H])S(=O)(=O)C([2H])([2H])C([2H])(C([2H])([2H])[2H])C([2H])([2H])[2H])C([2H])([2H])C1. The van der Waals surface area contributed by atoms with Gasteiger partial charge in [-0.25, -0.2) is 17.1 Å². The molecule has 0 aromatic heterocycles. The summed E-state index contributed by atoms with van der Waals surface area (Å²) < 4.78 is 199. The maximum atomic E-state index is 14.9. The van der Waals surface area contributed by atoms with E-state index in [1.54, 1.807) is 0 Å². The van der Waals surface area contributed by atoms with Crippen LogP contribution in [0.3, 0.4) is 0 Å². The van der Waals surface area contributed by atoms with Gasteiger partial charge >= 0.3 is 0 Å². The number of anilines is 2. The van der Waals surface area contributed by atoms with Crippen LogP contribution in [0.15, 0.2) is 18.1 Å². The Hall–Kier alpha value is -1.71. The molecule has 0 spiro atoms. The number of hydrogen-bond acceptors (Lipinski definition) is 5. The summed E-state index contributed by atoms with van der Waals surface area (Å²) >= 11 is 0. The number of hydrogen-bond donors (Lipinski definition) is 1. The first kappa shape index (κ1) is 8.67. The zero-order chi connectivity index (χ0) is 39.6. The predicted octanol–water partition coefficient (Wildman–Crippen LogP) is 2.60. The molecule has 30 heavy (non-hydrogen) atoms. The van der Waals surface area contributed by atoms with Crippen molar-refractivity contribution in [2.45, 2.75) is 33.5 Å². The zero-order valence-corrected chi connectivity index (χ0v) is 16.9. The molecule has 0 bridgehead atoms. The van der Waals surface area contributed by atoms with Crippen molar-refractivity contribution in [1.82, 2.24) is 9.21 Å². The third-order valence-electron chi connectivity index (χ3n) is 3.70. The van der Waals surface area contributed by atoms with E-state index in [1.807, 2.05) is 0 Å². The van der Waals surface area contributed by atoms with E-state index in [-0.39, 0.29) is 5.31 Å². The van der Waals surface area contributed by atoms with E-state index >= 15 is 0 Å². The summed E-state index contributed by atoms with van der Waals surface area (Å²) in [5.41, 5.74) is -6.11. The van der Waals surface area contributed by atoms with Crippen LogP contribution in [-0.4, -0.2) is 75.4 Å². The second kappa shape index (κ2) is 11.1. The van der Waals surface area contributed by atoms with Gasteiger partial charge in [0.15, 0.2) is 1.41 Å². The highest BCUT2D eigenvalue weighted by Crippen LogP contribution is 2.23. The second-order valence-electron chi connectivity index (χ2n) is 6.10. The number of amides is 1. The smallest absolute Gasteiger partial charge is 0.221 e. The third kappa shape index (κ3) is 7.85. The normalized spacial score (nSPS) is 31.0. The number of halogens is 1. The minimum absolute atomic E-state index is 0.0285. The van der Waals surface area contributed by atoms with E-state index in [1.165, 1.54) is 0 Å². The van der Waals surface area contributed by atoms with Gasteiger partial charge in [0.2, 0.25) is 15.9 Å². The Bertz CT molecular complexity index is 1530. The average Bonchev–Trinajstić information content (AvgIpc) is 2.89. The van der Waals surface area contributed by atoms with Gasteiger partial charge in [0.05, 0.1) is 9.82 Å². The molecule has 0 unspecified atom stereocenters. The molecule has 1 aromatic carbocycles. The number of carbonyl (C=O) groups is 1. The molecule has 1 heterocycles. The highest BCUT2D eigenvalue weighted by Gasteiger charge is 2.20. The lowest BCUT2D eigenvalue weighted by Gasteiger charge is -2.36. The molecular formula is C21H35FN4O3S. The van der Waals surface area contributed by atoms with Crippen molar-refractivity contribution in [3.05, 3.63) is 23.9 Å². The maximum absolute atomic E-state index is 14.9. The number of rotatable bonds is 10. The van der Waals surface area contributed by atoms with Crippen LogP contribution in [-0.2, 0) is 14.8 Å². The molecule has 1 amide bonds. The minimum atomic E-state index is -6.09. The van der Waals surface area contributed by atoms with Gasteiger partial charge in [0.1, 0.15) is 5.82 Å². The molecule has 170 valence electrons. The Morgan fingerprint density at radius 2 is 2.17 bits per heavy atom. The molecule has 9 heteroatoms. The van der Waals surface area contributed by atoms with Crippen molar-refractivity contribution in [3.8, 4) is 0 Å². The third-order valence-corrected chi connectivity index (χ3v) is 4.92. The van der Waals surface area contributed by atoms with Crippen LogP contribution >= 0.6 is 0 Å². The molecule has 2 rings (SSSR count). The Morgan fingerprint density at radius 3 is 2.80 bits per heavy atom. The predicted molar refractivity (Wildman–Crippen MR) is 120 cm³/mol. The number of nitrogens with zero attached hydrogens (tertiary/aromatic N) is 3. The number of sulfonamides is 1. The number of unbranched alkanes of at least 4 members (excludes halogenated alkanes) is 1. The van der Waals surface area contributed by atoms with Gasteiger partial charge < -0.3 is 10.2 Å². The van der Waals surface area contributed by atoms with E-state index in [4.69, 9.17) is 27.5 Å². The summed E-state index contributed by atoms with van der Waals surface area (Å²) in [5, 5.41) is 0.0285. The van der Waals surface area contributed by atoms with E-state index in [0.29, 0.717) is 4.90 Å². The monoisotopic (exact) mass is 462 g/mol. The van der Waals surface area contributed by atoms with Crippen LogP contribution < -0.4 is 10.2 Å². The molecule has 1 saturated heterocycles. The minimum Gasteiger partial charge on any atom is -0.369 e. The number of nitrogens with one attached hydrogen (secondary N) is 1. The summed E-state index contributed by atoms with van der Waals surface area (Å²) in [6.07, 6.45) is -0.967.